The van der Waals surface area contributed by atoms with Crippen LogP contribution in [0, 0.1) is 0 Å². The molecular weight excluding hydrogens is 363 g/mol. The van der Waals surface area contributed by atoms with Crippen LogP contribution in [0.1, 0.15) is 35.3 Å². The van der Waals surface area contributed by atoms with Gasteiger partial charge in [-0.25, -0.2) is 0 Å². The second kappa shape index (κ2) is 7.96. The van der Waals surface area contributed by atoms with Crippen LogP contribution in [0.2, 0.25) is 0 Å². The Kier molecular flexibility index (Phi) is 5.63. The van der Waals surface area contributed by atoms with Gasteiger partial charge in [-0.05, 0) is 25.0 Å². The lowest BCUT2D eigenvalue weighted by Gasteiger charge is -2.22. The molecule has 0 N–H and O–H groups in total. The van der Waals surface area contributed by atoms with Crippen molar-refractivity contribution >= 4 is 34.4 Å². The van der Waals surface area contributed by atoms with Gasteiger partial charge >= 0.3 is 0 Å². The summed E-state index contributed by atoms with van der Waals surface area (Å²) >= 11 is 0. The fourth-order valence-corrected chi connectivity index (χ4v) is 5.82. The van der Waals surface area contributed by atoms with Gasteiger partial charge in [0.2, 0.25) is 12.7 Å². The average molecular weight is 386 g/mol. The summed E-state index contributed by atoms with van der Waals surface area (Å²) in [5.74, 6) is 0. The van der Waals surface area contributed by atoms with Gasteiger partial charge in [0, 0.05) is 16.2 Å². The minimum Gasteiger partial charge on any atom is -0.305 e. The van der Waals surface area contributed by atoms with Crippen molar-refractivity contribution in [2.24, 2.45) is 0 Å². The molecule has 0 amide bonds. The predicted octanol–water partition coefficient (Wildman–Crippen LogP) is 5.91. The molecule has 3 aromatic rings. The van der Waals surface area contributed by atoms with Crippen LogP contribution < -0.4 is 10.6 Å². The van der Waals surface area contributed by atoms with Crippen molar-refractivity contribution in [1.82, 2.24) is 0 Å². The van der Waals surface area contributed by atoms with E-state index < -0.39 is 7.14 Å². The normalized spacial score (nSPS) is 11.1. The van der Waals surface area contributed by atoms with Crippen LogP contribution in [0.5, 0.6) is 0 Å². The fourth-order valence-electron chi connectivity index (χ4n) is 3.31. The van der Waals surface area contributed by atoms with E-state index in [9.17, 15) is 9.36 Å². The maximum atomic E-state index is 14.5. The van der Waals surface area contributed by atoms with E-state index in [1.54, 1.807) is 24.3 Å². The third kappa shape index (κ3) is 3.44. The number of rotatable bonds is 6. The summed E-state index contributed by atoms with van der Waals surface area (Å²) < 4.78 is 14.5. The molecule has 0 saturated carbocycles. The van der Waals surface area contributed by atoms with Crippen molar-refractivity contribution < 1.29 is 9.36 Å². The summed E-state index contributed by atoms with van der Waals surface area (Å²) in [6.45, 7) is 11.8. The van der Waals surface area contributed by atoms with Crippen LogP contribution in [-0.2, 0) is 4.57 Å². The molecule has 3 aromatic carbocycles. The molecule has 0 heterocycles. The quantitative estimate of drug-likeness (QED) is 0.494. The zero-order chi connectivity index (χ0) is 20.3. The molecule has 0 unspecified atom stereocenters. The zero-order valence-corrected chi connectivity index (χ0v) is 17.1. The van der Waals surface area contributed by atoms with Gasteiger partial charge in [-0.1, -0.05) is 103 Å². The van der Waals surface area contributed by atoms with E-state index in [1.807, 2.05) is 68.4 Å². The zero-order valence-electron chi connectivity index (χ0n) is 16.2. The number of carbonyl (C=O) groups is 1. The van der Waals surface area contributed by atoms with Gasteiger partial charge in [-0.3, -0.25) is 4.79 Å². The Balaban J connectivity index is 2.36. The maximum absolute atomic E-state index is 14.5. The van der Waals surface area contributed by atoms with Gasteiger partial charge in [0.25, 0.3) is 0 Å². The highest BCUT2D eigenvalue weighted by Crippen LogP contribution is 2.49. The summed E-state index contributed by atoms with van der Waals surface area (Å²) in [5, 5.41) is 1.05. The van der Waals surface area contributed by atoms with Gasteiger partial charge in [-0.2, -0.15) is 0 Å². The molecule has 28 heavy (non-hydrogen) atoms. The van der Waals surface area contributed by atoms with Crippen molar-refractivity contribution in [1.29, 1.82) is 0 Å². The van der Waals surface area contributed by atoms with Gasteiger partial charge < -0.3 is 4.57 Å². The first-order valence-corrected chi connectivity index (χ1v) is 10.8. The Morgan fingerprint density at radius 2 is 1.07 bits per heavy atom. The standard InChI is InChI=1S/C25H23O2P/c1-18(2)22-16-11-17-23(19(3)4)24(22)25(26)28(27,20-12-7-5-8-13-20)21-14-9-6-10-15-21/h5-17H,1,3H2,2,4H3. The molecule has 0 aliphatic rings. The molecule has 2 nitrogen and oxygen atoms in total. The fraction of sp³-hybridized carbons (Fsp3) is 0.0800. The second-order valence-electron chi connectivity index (χ2n) is 6.87. The highest BCUT2D eigenvalue weighted by Gasteiger charge is 2.38. The maximum Gasteiger partial charge on any atom is 0.231 e. The number of hydrogen-bond donors (Lipinski definition) is 0. The monoisotopic (exact) mass is 386 g/mol. The molecule has 0 aliphatic heterocycles. The topological polar surface area (TPSA) is 34.1 Å². The number of hydrogen-bond acceptors (Lipinski definition) is 2. The lowest BCUT2D eigenvalue weighted by atomic mass is 9.94. The van der Waals surface area contributed by atoms with Gasteiger partial charge in [-0.15, -0.1) is 0 Å². The highest BCUT2D eigenvalue weighted by molar-refractivity contribution is 7.93. The van der Waals surface area contributed by atoms with E-state index >= 15 is 0 Å². The number of allylic oxidation sites excluding steroid dienone is 2. The minimum absolute atomic E-state index is 0.387. The molecule has 0 bridgehead atoms. The van der Waals surface area contributed by atoms with Crippen molar-refractivity contribution in [3.05, 3.63) is 109 Å². The van der Waals surface area contributed by atoms with Crippen molar-refractivity contribution in [2.75, 3.05) is 0 Å². The average Bonchev–Trinajstić information content (AvgIpc) is 2.73. The molecule has 0 atom stereocenters. The lowest BCUT2D eigenvalue weighted by molar-refractivity contribution is 0.107. The van der Waals surface area contributed by atoms with E-state index in [1.165, 1.54) is 0 Å². The van der Waals surface area contributed by atoms with E-state index in [-0.39, 0.29) is 5.52 Å². The van der Waals surface area contributed by atoms with Crippen LogP contribution in [0.4, 0.5) is 0 Å². The smallest absolute Gasteiger partial charge is 0.231 e. The lowest BCUT2D eigenvalue weighted by Crippen LogP contribution is -2.24. The molecule has 0 saturated heterocycles. The molecule has 0 aliphatic carbocycles. The minimum atomic E-state index is -3.59. The Hall–Kier alpha value is -2.96. The summed E-state index contributed by atoms with van der Waals surface area (Å²) in [6, 6.07) is 23.5. The molecule has 3 rings (SSSR count). The van der Waals surface area contributed by atoms with Crippen LogP contribution in [-0.4, -0.2) is 5.52 Å². The van der Waals surface area contributed by atoms with E-state index in [2.05, 4.69) is 13.2 Å². The van der Waals surface area contributed by atoms with Crippen molar-refractivity contribution in [2.45, 2.75) is 13.8 Å². The Morgan fingerprint density at radius 1 is 0.679 bits per heavy atom. The van der Waals surface area contributed by atoms with Gasteiger partial charge in [0.05, 0.1) is 0 Å². The van der Waals surface area contributed by atoms with Crippen LogP contribution >= 0.6 is 7.14 Å². The van der Waals surface area contributed by atoms with E-state index in [0.29, 0.717) is 27.3 Å². The third-order valence-electron chi connectivity index (χ3n) is 4.72. The SMILES string of the molecule is C=C(C)c1cccc(C(=C)C)c1C(=O)P(=O)(c1ccccc1)c1ccccc1. The number of benzene rings is 3. The molecule has 0 radical (unpaired) electrons. The number of carbonyl (C=O) groups excluding carboxylic acids is 1. The van der Waals surface area contributed by atoms with Crippen LogP contribution in [0.3, 0.4) is 0 Å². The van der Waals surface area contributed by atoms with Gasteiger partial charge in [0.15, 0.2) is 0 Å². The predicted molar refractivity (Wildman–Crippen MR) is 120 cm³/mol. The molecule has 0 fully saturated rings. The first-order valence-electron chi connectivity index (χ1n) is 9.08. The molecule has 0 spiro atoms. The summed E-state index contributed by atoms with van der Waals surface area (Å²) in [6.07, 6.45) is 0. The highest BCUT2D eigenvalue weighted by atomic mass is 31.2. The summed E-state index contributed by atoms with van der Waals surface area (Å²) in [7, 11) is -3.59. The first-order chi connectivity index (χ1) is 13.4. The van der Waals surface area contributed by atoms with Crippen molar-refractivity contribution in [3.8, 4) is 0 Å². The molecular formula is C25H23O2P. The van der Waals surface area contributed by atoms with E-state index in [4.69, 9.17) is 0 Å². The Morgan fingerprint density at radius 3 is 1.43 bits per heavy atom. The van der Waals surface area contributed by atoms with Gasteiger partial charge in [0.1, 0.15) is 0 Å². The summed E-state index contributed by atoms with van der Waals surface area (Å²) in [5.41, 5.74) is 2.95. The Bertz CT molecular complexity index is 1020. The van der Waals surface area contributed by atoms with E-state index in [0.717, 1.165) is 11.1 Å². The van der Waals surface area contributed by atoms with Crippen LogP contribution in [0.25, 0.3) is 11.1 Å². The third-order valence-corrected chi connectivity index (χ3v) is 7.57. The Labute approximate surface area is 166 Å². The van der Waals surface area contributed by atoms with Crippen molar-refractivity contribution in [3.63, 3.8) is 0 Å². The molecule has 140 valence electrons. The largest absolute Gasteiger partial charge is 0.305 e. The molecule has 0 aromatic heterocycles. The first kappa shape index (κ1) is 19.8. The second-order valence-corrected chi connectivity index (χ2v) is 9.53. The van der Waals surface area contributed by atoms with Crippen LogP contribution in [0.15, 0.2) is 92.0 Å². The molecule has 3 heteroatoms. The summed E-state index contributed by atoms with van der Waals surface area (Å²) in [4.78, 5) is 14.0.